The summed E-state index contributed by atoms with van der Waals surface area (Å²) in [7, 11) is -7.48. The molecule has 0 aromatic heterocycles. The zero-order chi connectivity index (χ0) is 20.4. The van der Waals surface area contributed by atoms with Crippen LogP contribution in [0.25, 0.3) is 0 Å². The van der Waals surface area contributed by atoms with Crippen molar-refractivity contribution in [1.82, 2.24) is 4.31 Å². The lowest BCUT2D eigenvalue weighted by Crippen LogP contribution is -2.33. The van der Waals surface area contributed by atoms with Crippen LogP contribution >= 0.6 is 0 Å². The molecule has 3 rings (SSSR count). The van der Waals surface area contributed by atoms with E-state index >= 15 is 0 Å². The molecule has 5 nitrogen and oxygen atoms in total. The smallest absolute Gasteiger partial charge is 0.228 e. The lowest BCUT2D eigenvalue weighted by Gasteiger charge is -2.20. The Bertz CT molecular complexity index is 1030. The zero-order valence-corrected chi connectivity index (χ0v) is 17.3. The molecule has 1 unspecified atom stereocenters. The molecule has 1 aliphatic heterocycles. The number of benzene rings is 2. The number of sulfonamides is 1. The van der Waals surface area contributed by atoms with Crippen molar-refractivity contribution in [3.05, 3.63) is 65.5 Å². The van der Waals surface area contributed by atoms with Crippen molar-refractivity contribution in [2.45, 2.75) is 36.3 Å². The third kappa shape index (κ3) is 4.29. The standard InChI is InChI=1S/C20H24FNO4S2/c1-2-5-16-8-10-17(11-9-16)28(25,26)22-13-12-20(27(23,24)15-14-22)18-6-3-4-7-19(18)21/h3-4,6-11,20H,2,5,12-15H2,1H3. The fourth-order valence-corrected chi connectivity index (χ4v) is 6.89. The fraction of sp³-hybridized carbons (Fsp3) is 0.400. The maximum atomic E-state index is 14.2. The van der Waals surface area contributed by atoms with Crippen LogP contribution in [0.5, 0.6) is 0 Å². The third-order valence-corrected chi connectivity index (χ3v) is 9.07. The van der Waals surface area contributed by atoms with Gasteiger partial charge in [-0.05, 0) is 36.6 Å². The van der Waals surface area contributed by atoms with Crippen LogP contribution in [0.3, 0.4) is 0 Å². The summed E-state index contributed by atoms with van der Waals surface area (Å²) in [5.74, 6) is -0.919. The molecule has 28 heavy (non-hydrogen) atoms. The largest absolute Gasteiger partial charge is 0.243 e. The molecular formula is C20H24FNO4S2. The summed E-state index contributed by atoms with van der Waals surface area (Å²) in [5, 5.41) is -1.04. The van der Waals surface area contributed by atoms with Gasteiger partial charge in [0.05, 0.1) is 15.9 Å². The number of hydrogen-bond donors (Lipinski definition) is 0. The second-order valence-electron chi connectivity index (χ2n) is 6.96. The molecule has 0 N–H and O–H groups in total. The predicted octanol–water partition coefficient (Wildman–Crippen LogP) is 3.33. The van der Waals surface area contributed by atoms with E-state index in [1.54, 1.807) is 30.3 Å². The summed E-state index contributed by atoms with van der Waals surface area (Å²) in [5.41, 5.74) is 1.16. The highest BCUT2D eigenvalue weighted by Gasteiger charge is 2.36. The van der Waals surface area contributed by atoms with Crippen LogP contribution in [0.4, 0.5) is 4.39 Å². The molecule has 0 radical (unpaired) electrons. The van der Waals surface area contributed by atoms with Crippen LogP contribution in [0.2, 0.25) is 0 Å². The summed E-state index contributed by atoms with van der Waals surface area (Å²) in [6, 6.07) is 12.5. The van der Waals surface area contributed by atoms with Gasteiger partial charge in [-0.2, -0.15) is 4.31 Å². The molecule has 1 aliphatic rings. The maximum Gasteiger partial charge on any atom is 0.243 e. The Morgan fingerprint density at radius 3 is 2.39 bits per heavy atom. The lowest BCUT2D eigenvalue weighted by molar-refractivity contribution is 0.427. The average molecular weight is 426 g/mol. The Morgan fingerprint density at radius 1 is 1.07 bits per heavy atom. The Balaban J connectivity index is 1.86. The first kappa shape index (κ1) is 21.0. The van der Waals surface area contributed by atoms with Gasteiger partial charge in [0, 0.05) is 18.7 Å². The van der Waals surface area contributed by atoms with Gasteiger partial charge in [-0.15, -0.1) is 0 Å². The van der Waals surface area contributed by atoms with Gasteiger partial charge in [-0.1, -0.05) is 43.7 Å². The van der Waals surface area contributed by atoms with Gasteiger partial charge in [0.1, 0.15) is 5.82 Å². The minimum Gasteiger partial charge on any atom is -0.228 e. The molecule has 0 bridgehead atoms. The SMILES string of the molecule is CCCc1ccc(S(=O)(=O)N2CCC(c3ccccc3F)S(=O)(=O)CC2)cc1. The number of sulfone groups is 1. The van der Waals surface area contributed by atoms with Crippen molar-refractivity contribution in [3.8, 4) is 0 Å². The van der Waals surface area contributed by atoms with Crippen molar-refractivity contribution in [1.29, 1.82) is 0 Å². The molecule has 1 heterocycles. The van der Waals surface area contributed by atoms with Crippen LogP contribution in [-0.4, -0.2) is 40.0 Å². The highest BCUT2D eigenvalue weighted by Crippen LogP contribution is 2.32. The predicted molar refractivity (Wildman–Crippen MR) is 107 cm³/mol. The molecule has 0 spiro atoms. The summed E-state index contributed by atoms with van der Waals surface area (Å²) >= 11 is 0. The van der Waals surface area contributed by atoms with Crippen LogP contribution in [0.1, 0.15) is 36.1 Å². The van der Waals surface area contributed by atoms with E-state index in [1.807, 2.05) is 6.92 Å². The quantitative estimate of drug-likeness (QED) is 0.737. The number of hydrogen-bond acceptors (Lipinski definition) is 4. The third-order valence-electron chi connectivity index (χ3n) is 5.05. The fourth-order valence-electron chi connectivity index (χ4n) is 3.52. The second kappa shape index (κ2) is 8.31. The monoisotopic (exact) mass is 425 g/mol. The van der Waals surface area contributed by atoms with Crippen LogP contribution < -0.4 is 0 Å². The first-order chi connectivity index (χ1) is 13.3. The molecule has 0 aliphatic carbocycles. The highest BCUT2D eigenvalue weighted by molar-refractivity contribution is 7.92. The first-order valence-corrected chi connectivity index (χ1v) is 12.5. The van der Waals surface area contributed by atoms with E-state index in [-0.39, 0.29) is 35.7 Å². The molecule has 8 heteroatoms. The van der Waals surface area contributed by atoms with Crippen LogP contribution in [0, 0.1) is 5.82 Å². The van der Waals surface area contributed by atoms with Crippen LogP contribution in [0.15, 0.2) is 53.4 Å². The summed E-state index contributed by atoms with van der Waals surface area (Å²) in [6.07, 6.45) is 1.86. The number of halogens is 1. The van der Waals surface area contributed by atoms with Crippen molar-refractivity contribution in [2.75, 3.05) is 18.8 Å². The van der Waals surface area contributed by atoms with Crippen molar-refractivity contribution in [3.63, 3.8) is 0 Å². The van der Waals surface area contributed by atoms with E-state index in [1.165, 1.54) is 22.5 Å². The minimum atomic E-state index is -3.81. The van der Waals surface area contributed by atoms with Gasteiger partial charge in [-0.25, -0.2) is 21.2 Å². The highest BCUT2D eigenvalue weighted by atomic mass is 32.2. The number of rotatable bonds is 5. The van der Waals surface area contributed by atoms with E-state index in [2.05, 4.69) is 0 Å². The van der Waals surface area contributed by atoms with Gasteiger partial charge in [0.15, 0.2) is 9.84 Å². The maximum absolute atomic E-state index is 14.2. The van der Waals surface area contributed by atoms with Gasteiger partial charge >= 0.3 is 0 Å². The van der Waals surface area contributed by atoms with Gasteiger partial charge in [0.2, 0.25) is 10.0 Å². The molecule has 2 aromatic rings. The van der Waals surface area contributed by atoms with E-state index in [0.29, 0.717) is 0 Å². The molecule has 0 saturated carbocycles. The Kier molecular flexibility index (Phi) is 6.21. The first-order valence-electron chi connectivity index (χ1n) is 9.31. The summed E-state index contributed by atoms with van der Waals surface area (Å²) in [4.78, 5) is 0.147. The van der Waals surface area contributed by atoms with Crippen LogP contribution in [-0.2, 0) is 26.3 Å². The van der Waals surface area contributed by atoms with E-state index in [9.17, 15) is 21.2 Å². The van der Waals surface area contributed by atoms with E-state index in [4.69, 9.17) is 0 Å². The van der Waals surface area contributed by atoms with Crippen molar-refractivity contribution >= 4 is 19.9 Å². The topological polar surface area (TPSA) is 71.5 Å². The molecule has 152 valence electrons. The van der Waals surface area contributed by atoms with E-state index < -0.39 is 30.9 Å². The second-order valence-corrected chi connectivity index (χ2v) is 11.2. The summed E-state index contributed by atoms with van der Waals surface area (Å²) in [6.45, 7) is 1.94. The lowest BCUT2D eigenvalue weighted by atomic mass is 10.1. The molecule has 1 atom stereocenters. The molecule has 1 saturated heterocycles. The normalized spacial score (nSPS) is 20.6. The Labute approximate surface area is 166 Å². The van der Waals surface area contributed by atoms with Gasteiger partial charge in [0.25, 0.3) is 0 Å². The van der Waals surface area contributed by atoms with Gasteiger partial charge < -0.3 is 0 Å². The molecular weight excluding hydrogens is 401 g/mol. The van der Waals surface area contributed by atoms with Gasteiger partial charge in [-0.3, -0.25) is 0 Å². The van der Waals surface area contributed by atoms with Crippen molar-refractivity contribution < 1.29 is 21.2 Å². The average Bonchev–Trinajstić information content (AvgIpc) is 2.81. The Morgan fingerprint density at radius 2 is 1.75 bits per heavy atom. The van der Waals surface area contributed by atoms with E-state index in [0.717, 1.165) is 18.4 Å². The number of aryl methyl sites for hydroxylation is 1. The summed E-state index contributed by atoms with van der Waals surface area (Å²) < 4.78 is 66.7. The molecule has 2 aromatic carbocycles. The molecule has 0 amide bonds. The Hall–Kier alpha value is -1.77. The minimum absolute atomic E-state index is 0.0242. The van der Waals surface area contributed by atoms with Crippen molar-refractivity contribution in [2.24, 2.45) is 0 Å². The number of nitrogens with zero attached hydrogens (tertiary/aromatic N) is 1. The zero-order valence-electron chi connectivity index (χ0n) is 15.7. The molecule has 1 fully saturated rings.